The van der Waals surface area contributed by atoms with Gasteiger partial charge >= 0.3 is 0 Å². The molecule has 0 saturated heterocycles. The molecule has 2 heterocycles. The molecule has 0 saturated carbocycles. The number of fused-ring (bicyclic) bond motifs is 1. The summed E-state index contributed by atoms with van der Waals surface area (Å²) in [6.45, 7) is 4.30. The van der Waals surface area contributed by atoms with E-state index >= 15 is 0 Å². The number of ether oxygens (including phenoxy) is 1. The lowest BCUT2D eigenvalue weighted by Gasteiger charge is -2.03. The van der Waals surface area contributed by atoms with Gasteiger partial charge in [-0.05, 0) is 32.0 Å². The van der Waals surface area contributed by atoms with E-state index < -0.39 is 5.91 Å². The number of anilines is 1. The second-order valence-corrected chi connectivity index (χ2v) is 5.47. The number of methoxy groups -OCH3 is 1. The first kappa shape index (κ1) is 16.5. The van der Waals surface area contributed by atoms with Crippen LogP contribution in [0.25, 0.3) is 11.0 Å². The van der Waals surface area contributed by atoms with Crippen LogP contribution in [-0.4, -0.2) is 38.7 Å². The van der Waals surface area contributed by atoms with Crippen LogP contribution >= 0.6 is 0 Å². The van der Waals surface area contributed by atoms with Crippen LogP contribution in [0.3, 0.4) is 0 Å². The molecule has 3 rings (SSSR count). The number of nitrogens with zero attached hydrogens (tertiary/aromatic N) is 3. The van der Waals surface area contributed by atoms with Gasteiger partial charge in [-0.25, -0.2) is 4.98 Å². The number of aromatic nitrogens is 4. The van der Waals surface area contributed by atoms with Crippen LogP contribution in [0.1, 0.15) is 33.5 Å². The second-order valence-electron chi connectivity index (χ2n) is 5.47. The molecular weight excluding hydrogens is 324 g/mol. The Morgan fingerprint density at radius 1 is 1.36 bits per heavy atom. The number of carbonyl (C=O) groups excluding carboxylic acids is 2. The first-order chi connectivity index (χ1) is 11.9. The summed E-state index contributed by atoms with van der Waals surface area (Å²) in [6, 6.07) is 4.77. The Morgan fingerprint density at radius 2 is 2.12 bits per heavy atom. The molecule has 0 bridgehead atoms. The molecule has 0 atom stereocenters. The minimum absolute atomic E-state index is 0.237. The summed E-state index contributed by atoms with van der Waals surface area (Å²) in [6.07, 6.45) is 0. The number of carbonyl (C=O) groups is 2. The average Bonchev–Trinajstić information content (AvgIpc) is 3.15. The maximum absolute atomic E-state index is 12.5. The normalized spacial score (nSPS) is 10.8. The van der Waals surface area contributed by atoms with E-state index in [1.807, 2.05) is 13.8 Å². The molecule has 0 unspecified atom stereocenters. The summed E-state index contributed by atoms with van der Waals surface area (Å²) in [5, 5.41) is 6.94. The van der Waals surface area contributed by atoms with Gasteiger partial charge in [-0.2, -0.15) is 5.10 Å². The van der Waals surface area contributed by atoms with Crippen molar-refractivity contribution in [3.63, 3.8) is 0 Å². The van der Waals surface area contributed by atoms with E-state index in [2.05, 4.69) is 20.4 Å². The summed E-state index contributed by atoms with van der Waals surface area (Å²) in [5.74, 6) is -0.294. The standard InChI is InChI=1S/C16H18N6O3/c1-4-22-11(5-8(2)21-22)15(24)20-16-18-10-6-9(14(17)23)7-12(25-3)13(10)19-16/h5-7H,4H2,1-3H3,(H2,17,23)(H2,18,19,20,24). The molecule has 0 aliphatic rings. The van der Waals surface area contributed by atoms with E-state index in [9.17, 15) is 9.59 Å². The molecule has 0 spiro atoms. The molecule has 9 nitrogen and oxygen atoms in total. The number of nitrogens with one attached hydrogen (secondary N) is 2. The van der Waals surface area contributed by atoms with Crippen molar-refractivity contribution in [2.75, 3.05) is 12.4 Å². The predicted octanol–water partition coefficient (Wildman–Crippen LogP) is 1.45. The number of imidazole rings is 1. The quantitative estimate of drug-likeness (QED) is 0.646. The van der Waals surface area contributed by atoms with Gasteiger partial charge in [-0.3, -0.25) is 19.6 Å². The highest BCUT2D eigenvalue weighted by atomic mass is 16.5. The number of aryl methyl sites for hydroxylation is 2. The largest absolute Gasteiger partial charge is 0.494 e. The fourth-order valence-electron chi connectivity index (χ4n) is 2.58. The number of H-pyrrole nitrogens is 1. The number of hydrogen-bond acceptors (Lipinski definition) is 5. The Hall–Kier alpha value is -3.36. The van der Waals surface area contributed by atoms with Crippen LogP contribution < -0.4 is 15.8 Å². The fraction of sp³-hybridized carbons (Fsp3) is 0.250. The lowest BCUT2D eigenvalue weighted by molar-refractivity contribution is 0.0995. The molecule has 0 fully saturated rings. The Labute approximate surface area is 143 Å². The van der Waals surface area contributed by atoms with Gasteiger partial charge in [0, 0.05) is 12.1 Å². The van der Waals surface area contributed by atoms with E-state index in [-0.39, 0.29) is 17.4 Å². The van der Waals surface area contributed by atoms with Crippen molar-refractivity contribution in [2.24, 2.45) is 5.73 Å². The van der Waals surface area contributed by atoms with Crippen LogP contribution in [0.5, 0.6) is 5.75 Å². The van der Waals surface area contributed by atoms with Crippen LogP contribution in [0.4, 0.5) is 5.95 Å². The topological polar surface area (TPSA) is 128 Å². The SMILES string of the molecule is CCn1nc(C)cc1C(=O)Nc1nc2c(OC)cc(C(N)=O)cc2[nH]1. The van der Waals surface area contributed by atoms with Crippen molar-refractivity contribution < 1.29 is 14.3 Å². The van der Waals surface area contributed by atoms with E-state index in [4.69, 9.17) is 10.5 Å². The number of benzene rings is 1. The zero-order chi connectivity index (χ0) is 18.1. The van der Waals surface area contributed by atoms with Gasteiger partial charge < -0.3 is 15.5 Å². The van der Waals surface area contributed by atoms with Crippen molar-refractivity contribution in [3.8, 4) is 5.75 Å². The number of nitrogens with two attached hydrogens (primary N) is 1. The lowest BCUT2D eigenvalue weighted by Crippen LogP contribution is -2.18. The number of hydrogen-bond donors (Lipinski definition) is 3. The molecule has 2 amide bonds. The predicted molar refractivity (Wildman–Crippen MR) is 91.8 cm³/mol. The monoisotopic (exact) mass is 342 g/mol. The highest BCUT2D eigenvalue weighted by Crippen LogP contribution is 2.27. The van der Waals surface area contributed by atoms with Gasteiger partial charge in [-0.15, -0.1) is 0 Å². The zero-order valence-electron chi connectivity index (χ0n) is 14.1. The third kappa shape index (κ3) is 3.03. The maximum atomic E-state index is 12.5. The maximum Gasteiger partial charge on any atom is 0.276 e. The fourth-order valence-corrected chi connectivity index (χ4v) is 2.58. The first-order valence-corrected chi connectivity index (χ1v) is 7.66. The second kappa shape index (κ2) is 6.27. The minimum atomic E-state index is -0.581. The van der Waals surface area contributed by atoms with E-state index in [1.165, 1.54) is 13.2 Å². The van der Waals surface area contributed by atoms with Crippen molar-refractivity contribution in [1.82, 2.24) is 19.7 Å². The third-order valence-electron chi connectivity index (χ3n) is 3.72. The lowest BCUT2D eigenvalue weighted by atomic mass is 10.2. The Bertz CT molecular complexity index is 972. The summed E-state index contributed by atoms with van der Waals surface area (Å²) >= 11 is 0. The minimum Gasteiger partial charge on any atom is -0.494 e. The van der Waals surface area contributed by atoms with Crippen LogP contribution in [0.2, 0.25) is 0 Å². The highest BCUT2D eigenvalue weighted by molar-refractivity contribution is 6.03. The van der Waals surface area contributed by atoms with Gasteiger partial charge in [-0.1, -0.05) is 0 Å². The van der Waals surface area contributed by atoms with Crippen LogP contribution in [0, 0.1) is 6.92 Å². The molecule has 0 aliphatic heterocycles. The Kier molecular flexibility index (Phi) is 4.14. The number of amides is 2. The number of aromatic amines is 1. The molecule has 1 aromatic carbocycles. The smallest absolute Gasteiger partial charge is 0.276 e. The van der Waals surface area contributed by atoms with E-state index in [0.717, 1.165) is 5.69 Å². The zero-order valence-corrected chi connectivity index (χ0v) is 14.1. The molecule has 130 valence electrons. The summed E-state index contributed by atoms with van der Waals surface area (Å²) in [7, 11) is 1.47. The van der Waals surface area contributed by atoms with Gasteiger partial charge in [0.1, 0.15) is 17.0 Å². The molecular formula is C16H18N6O3. The molecule has 0 radical (unpaired) electrons. The summed E-state index contributed by atoms with van der Waals surface area (Å²) < 4.78 is 6.85. The molecule has 0 aliphatic carbocycles. The van der Waals surface area contributed by atoms with Crippen molar-refractivity contribution >= 4 is 28.8 Å². The van der Waals surface area contributed by atoms with Crippen molar-refractivity contribution in [3.05, 3.63) is 35.2 Å². The van der Waals surface area contributed by atoms with Crippen molar-refractivity contribution in [2.45, 2.75) is 20.4 Å². The Balaban J connectivity index is 1.96. The summed E-state index contributed by atoms with van der Waals surface area (Å²) in [4.78, 5) is 31.2. The Morgan fingerprint density at radius 3 is 2.76 bits per heavy atom. The summed E-state index contributed by atoms with van der Waals surface area (Å²) in [5.41, 5.74) is 7.81. The van der Waals surface area contributed by atoms with Crippen LogP contribution in [0.15, 0.2) is 18.2 Å². The third-order valence-corrected chi connectivity index (χ3v) is 3.72. The molecule has 4 N–H and O–H groups in total. The highest BCUT2D eigenvalue weighted by Gasteiger charge is 2.17. The molecule has 25 heavy (non-hydrogen) atoms. The number of rotatable bonds is 5. The van der Waals surface area contributed by atoms with Crippen molar-refractivity contribution in [1.29, 1.82) is 0 Å². The molecule has 9 heteroatoms. The number of primary amides is 1. The van der Waals surface area contributed by atoms with Gasteiger partial charge in [0.15, 0.2) is 0 Å². The van der Waals surface area contributed by atoms with Gasteiger partial charge in [0.25, 0.3) is 5.91 Å². The van der Waals surface area contributed by atoms with E-state index in [0.29, 0.717) is 29.0 Å². The molecule has 2 aromatic heterocycles. The average molecular weight is 342 g/mol. The van der Waals surface area contributed by atoms with E-state index in [1.54, 1.807) is 16.8 Å². The first-order valence-electron chi connectivity index (χ1n) is 7.66. The van der Waals surface area contributed by atoms with Crippen LogP contribution in [-0.2, 0) is 6.54 Å². The van der Waals surface area contributed by atoms with Gasteiger partial charge in [0.05, 0.1) is 18.3 Å². The molecule has 3 aromatic rings. The van der Waals surface area contributed by atoms with Gasteiger partial charge in [0.2, 0.25) is 11.9 Å².